The second-order valence-electron chi connectivity index (χ2n) is 11.0. The Balaban J connectivity index is 0.00000166. The van der Waals surface area contributed by atoms with E-state index in [4.69, 9.17) is 9.47 Å². The monoisotopic (exact) mass is 619 g/mol. The smallest absolute Gasteiger partial charge is 0.407 e. The molecule has 45 heavy (non-hydrogen) atoms. The Labute approximate surface area is 265 Å². The molecule has 0 unspecified atom stereocenters. The number of methoxy groups -OCH3 is 1. The van der Waals surface area contributed by atoms with Crippen LogP contribution in [0.2, 0.25) is 0 Å². The van der Waals surface area contributed by atoms with Crippen molar-refractivity contribution in [2.45, 2.75) is 65.9 Å². The topological polar surface area (TPSA) is 148 Å². The summed E-state index contributed by atoms with van der Waals surface area (Å²) in [5.41, 5.74) is 0.631. The number of ether oxygens (including phenoxy) is 2. The molecule has 0 aliphatic heterocycles. The van der Waals surface area contributed by atoms with Crippen molar-refractivity contribution in [3.63, 3.8) is 0 Å². The Bertz CT molecular complexity index is 1390. The lowest BCUT2D eigenvalue weighted by molar-refractivity contribution is 0.0526. The van der Waals surface area contributed by atoms with Crippen LogP contribution in [0.5, 0.6) is 5.75 Å². The Morgan fingerprint density at radius 2 is 1.38 bits per heavy atom. The number of aromatic nitrogens is 1. The second-order valence-corrected chi connectivity index (χ2v) is 11.0. The molecule has 2 aromatic carbocycles. The molecule has 4 N–H and O–H groups in total. The van der Waals surface area contributed by atoms with Crippen molar-refractivity contribution in [2.75, 3.05) is 30.8 Å². The van der Waals surface area contributed by atoms with E-state index in [-0.39, 0.29) is 17.2 Å². The minimum Gasteiger partial charge on any atom is -0.497 e. The van der Waals surface area contributed by atoms with Gasteiger partial charge in [-0.25, -0.2) is 9.78 Å². The molecule has 0 aliphatic rings. The number of rotatable bonds is 12. The molecule has 1 heterocycles. The fraction of sp³-hybridized carbons (Fsp3) is 0.382. The second kappa shape index (κ2) is 18.7. The molecule has 0 bridgehead atoms. The molecule has 3 aromatic rings. The number of pyridine rings is 1. The number of amides is 4. The van der Waals surface area contributed by atoms with Gasteiger partial charge in [-0.2, -0.15) is 0 Å². The van der Waals surface area contributed by atoms with Gasteiger partial charge in [0, 0.05) is 30.4 Å². The number of hydrogen-bond donors (Lipinski definition) is 4. The first-order valence-electron chi connectivity index (χ1n) is 15.0. The fourth-order valence-electron chi connectivity index (χ4n) is 3.59. The van der Waals surface area contributed by atoms with Crippen LogP contribution in [0.1, 0.15) is 91.4 Å². The third-order valence-electron chi connectivity index (χ3n) is 6.09. The minimum absolute atomic E-state index is 0.195. The zero-order chi connectivity index (χ0) is 33.2. The van der Waals surface area contributed by atoms with Gasteiger partial charge in [-0.15, -0.1) is 0 Å². The van der Waals surface area contributed by atoms with Crippen molar-refractivity contribution < 1.29 is 28.7 Å². The van der Waals surface area contributed by atoms with Gasteiger partial charge in [-0.3, -0.25) is 14.4 Å². The summed E-state index contributed by atoms with van der Waals surface area (Å²) < 4.78 is 10.4. The first-order valence-corrected chi connectivity index (χ1v) is 15.0. The van der Waals surface area contributed by atoms with E-state index in [0.29, 0.717) is 48.6 Å². The van der Waals surface area contributed by atoms with E-state index >= 15 is 0 Å². The van der Waals surface area contributed by atoms with Crippen molar-refractivity contribution in [1.82, 2.24) is 15.6 Å². The molecule has 0 saturated carbocycles. The summed E-state index contributed by atoms with van der Waals surface area (Å²) >= 11 is 0. The summed E-state index contributed by atoms with van der Waals surface area (Å²) in [7, 11) is 1.48. The lowest BCUT2D eigenvalue weighted by atomic mass is 10.1. The molecule has 3 rings (SSSR count). The normalized spacial score (nSPS) is 10.4. The van der Waals surface area contributed by atoms with Gasteiger partial charge in [0.05, 0.1) is 18.4 Å². The molecule has 11 heteroatoms. The van der Waals surface area contributed by atoms with Crippen molar-refractivity contribution in [3.05, 3.63) is 83.6 Å². The standard InChI is InChI=1S/C30H35N5O6.C4H10/c1-30(2,3)41-29(39)33-18-8-7-17-32-26(36)20-10-12-21(13-11-20)27(37)34-24-15-14-22(40-4)19-23(24)28(38)35-25-9-5-6-16-31-25;1-3-4-2/h5-6,9-16,19H,7-8,17-18H2,1-4H3,(H,32,36)(H,33,39)(H,34,37)(H,31,35,38);3-4H2,1-2H3. The highest BCUT2D eigenvalue weighted by Gasteiger charge is 2.18. The van der Waals surface area contributed by atoms with Gasteiger partial charge in [-0.1, -0.05) is 32.8 Å². The van der Waals surface area contributed by atoms with Gasteiger partial charge in [0.25, 0.3) is 17.7 Å². The number of nitrogens with zero attached hydrogens (tertiary/aromatic N) is 1. The van der Waals surface area contributed by atoms with Crippen molar-refractivity contribution >= 4 is 35.3 Å². The maximum atomic E-state index is 13.0. The molecule has 242 valence electrons. The Kier molecular flexibility index (Phi) is 15.0. The van der Waals surface area contributed by atoms with Crippen LogP contribution in [0.15, 0.2) is 66.9 Å². The summed E-state index contributed by atoms with van der Waals surface area (Å²) in [5.74, 6) is -0.384. The Morgan fingerprint density at radius 1 is 0.756 bits per heavy atom. The van der Waals surface area contributed by atoms with Crippen LogP contribution in [0.3, 0.4) is 0 Å². The van der Waals surface area contributed by atoms with Crippen LogP contribution >= 0.6 is 0 Å². The summed E-state index contributed by atoms with van der Waals surface area (Å²) in [6.45, 7) is 10.6. The Hall–Kier alpha value is -4.93. The highest BCUT2D eigenvalue weighted by atomic mass is 16.6. The summed E-state index contributed by atoms with van der Waals surface area (Å²) in [4.78, 5) is 54.1. The number of alkyl carbamates (subject to hydrolysis) is 1. The Morgan fingerprint density at radius 3 is 1.93 bits per heavy atom. The van der Waals surface area contributed by atoms with Gasteiger partial charge in [0.2, 0.25) is 0 Å². The fourth-order valence-corrected chi connectivity index (χ4v) is 3.59. The van der Waals surface area contributed by atoms with Gasteiger partial charge >= 0.3 is 6.09 Å². The quantitative estimate of drug-likeness (QED) is 0.171. The number of carbonyl (C=O) groups is 4. The van der Waals surface area contributed by atoms with Gasteiger partial charge in [0.15, 0.2) is 0 Å². The van der Waals surface area contributed by atoms with Crippen LogP contribution in [0.25, 0.3) is 0 Å². The SMILES string of the molecule is CCCC.COc1ccc(NC(=O)c2ccc(C(=O)NCCCCNC(=O)OC(C)(C)C)cc2)c(C(=O)Nc2ccccn2)c1. The predicted octanol–water partition coefficient (Wildman–Crippen LogP) is 6.44. The number of anilines is 2. The number of carbonyl (C=O) groups excluding carboxylic acids is 4. The van der Waals surface area contributed by atoms with E-state index in [0.717, 1.165) is 0 Å². The van der Waals surface area contributed by atoms with Crippen LogP contribution in [-0.2, 0) is 4.74 Å². The van der Waals surface area contributed by atoms with Crippen LogP contribution in [-0.4, -0.2) is 54.6 Å². The van der Waals surface area contributed by atoms with Gasteiger partial charge in [0.1, 0.15) is 17.2 Å². The summed E-state index contributed by atoms with van der Waals surface area (Å²) in [5, 5.41) is 10.9. The molecule has 1 aromatic heterocycles. The number of benzene rings is 2. The molecule has 0 atom stereocenters. The molecular weight excluding hydrogens is 574 g/mol. The van der Waals surface area contributed by atoms with Crippen LogP contribution < -0.4 is 26.0 Å². The largest absolute Gasteiger partial charge is 0.497 e. The highest BCUT2D eigenvalue weighted by molar-refractivity contribution is 6.12. The number of unbranched alkanes of at least 4 members (excludes halogenated alkanes) is 2. The predicted molar refractivity (Wildman–Crippen MR) is 176 cm³/mol. The molecule has 11 nitrogen and oxygen atoms in total. The van der Waals surface area contributed by atoms with Crippen molar-refractivity contribution in [2.24, 2.45) is 0 Å². The average Bonchev–Trinajstić information content (AvgIpc) is 3.02. The van der Waals surface area contributed by atoms with E-state index in [1.165, 1.54) is 38.2 Å². The maximum Gasteiger partial charge on any atom is 0.407 e. The molecule has 0 aliphatic carbocycles. The molecule has 0 saturated heterocycles. The van der Waals surface area contributed by atoms with E-state index in [1.54, 1.807) is 69.4 Å². The van der Waals surface area contributed by atoms with E-state index < -0.39 is 23.5 Å². The third-order valence-corrected chi connectivity index (χ3v) is 6.09. The summed E-state index contributed by atoms with van der Waals surface area (Å²) in [6, 6.07) is 16.0. The minimum atomic E-state index is -0.552. The average molecular weight is 620 g/mol. The molecule has 0 fully saturated rings. The van der Waals surface area contributed by atoms with E-state index in [2.05, 4.69) is 40.1 Å². The zero-order valence-corrected chi connectivity index (χ0v) is 27.0. The molecular formula is C34H45N5O6. The van der Waals surface area contributed by atoms with Crippen molar-refractivity contribution in [3.8, 4) is 5.75 Å². The molecule has 0 radical (unpaired) electrons. The van der Waals surface area contributed by atoms with Crippen molar-refractivity contribution in [1.29, 1.82) is 0 Å². The van der Waals surface area contributed by atoms with Crippen LogP contribution in [0.4, 0.5) is 16.3 Å². The van der Waals surface area contributed by atoms with Crippen LogP contribution in [0, 0.1) is 0 Å². The molecule has 4 amide bonds. The first-order chi connectivity index (χ1) is 21.5. The lowest BCUT2D eigenvalue weighted by Crippen LogP contribution is -2.33. The number of nitrogens with one attached hydrogen (secondary N) is 4. The van der Waals surface area contributed by atoms with Gasteiger partial charge in [-0.05, 0) is 88.2 Å². The summed E-state index contributed by atoms with van der Waals surface area (Å²) in [6.07, 6.45) is 5.06. The van der Waals surface area contributed by atoms with E-state index in [1.807, 2.05) is 0 Å². The highest BCUT2D eigenvalue weighted by Crippen LogP contribution is 2.24. The lowest BCUT2D eigenvalue weighted by Gasteiger charge is -2.19. The zero-order valence-electron chi connectivity index (χ0n) is 27.0. The first kappa shape index (κ1) is 36.3. The number of hydrogen-bond acceptors (Lipinski definition) is 7. The van der Waals surface area contributed by atoms with E-state index in [9.17, 15) is 19.2 Å². The maximum absolute atomic E-state index is 13.0. The van der Waals surface area contributed by atoms with Gasteiger partial charge < -0.3 is 30.7 Å². The third kappa shape index (κ3) is 13.5. The molecule has 0 spiro atoms.